The molecular weight excluding hydrogens is 416 g/mol. The molecule has 2 aromatic carbocycles. The van der Waals surface area contributed by atoms with Gasteiger partial charge in [0, 0.05) is 5.56 Å². The van der Waals surface area contributed by atoms with Crippen LogP contribution in [0.2, 0.25) is 0 Å². The van der Waals surface area contributed by atoms with Crippen molar-refractivity contribution < 1.29 is 18.9 Å². The van der Waals surface area contributed by atoms with E-state index in [1.54, 1.807) is 37.4 Å². The third kappa shape index (κ3) is 3.96. The maximum Gasteiger partial charge on any atom is 0.292 e. The average Bonchev–Trinajstić information content (AvgIpc) is 3.45. The molecule has 0 spiro atoms. The molecule has 0 aliphatic heterocycles. The van der Waals surface area contributed by atoms with Crippen LogP contribution in [-0.4, -0.2) is 51.6 Å². The number of nitrogens with two attached hydrogens (primary N) is 1. The summed E-state index contributed by atoms with van der Waals surface area (Å²) in [6, 6.07) is 14.3. The normalized spacial score (nSPS) is 10.9. The van der Waals surface area contributed by atoms with Gasteiger partial charge in [0.15, 0.2) is 17.2 Å². The number of hydrogen-bond acceptors (Lipinski definition) is 10. The Morgan fingerprint density at radius 3 is 2.59 bits per heavy atom. The minimum Gasteiger partial charge on any atom is -0.493 e. The van der Waals surface area contributed by atoms with Gasteiger partial charge in [0.25, 0.3) is 5.91 Å². The fraction of sp³-hybridized carbons (Fsp3) is 0.100. The second-order valence-corrected chi connectivity index (χ2v) is 6.35. The summed E-state index contributed by atoms with van der Waals surface area (Å²) in [4.78, 5) is 13.1. The molecule has 3 N–H and O–H groups in total. The summed E-state index contributed by atoms with van der Waals surface area (Å²) in [5, 5.41) is 19.4. The number of aromatic nitrogens is 5. The highest BCUT2D eigenvalue weighted by atomic mass is 16.6. The molecule has 0 fully saturated rings. The predicted molar refractivity (Wildman–Crippen MR) is 114 cm³/mol. The Labute approximate surface area is 181 Å². The number of benzene rings is 2. The van der Waals surface area contributed by atoms with Crippen molar-refractivity contribution in [3.63, 3.8) is 0 Å². The Balaban J connectivity index is 1.65. The Morgan fingerprint density at radius 1 is 1.12 bits per heavy atom. The molecule has 2 aromatic heterocycles. The molecule has 0 atom stereocenters. The molecule has 162 valence electrons. The van der Waals surface area contributed by atoms with Crippen LogP contribution in [0.5, 0.6) is 11.5 Å². The van der Waals surface area contributed by atoms with Crippen molar-refractivity contribution in [3.8, 4) is 28.6 Å². The van der Waals surface area contributed by atoms with E-state index in [0.29, 0.717) is 28.3 Å². The van der Waals surface area contributed by atoms with Gasteiger partial charge in [-0.1, -0.05) is 35.5 Å². The summed E-state index contributed by atoms with van der Waals surface area (Å²) in [7, 11) is 3.08. The zero-order valence-electron chi connectivity index (χ0n) is 17.1. The van der Waals surface area contributed by atoms with Crippen LogP contribution in [0.1, 0.15) is 16.1 Å². The molecular formula is C20H18N8O4. The minimum absolute atomic E-state index is 0.0358. The Kier molecular flexibility index (Phi) is 5.74. The topological polar surface area (TPSA) is 156 Å². The summed E-state index contributed by atoms with van der Waals surface area (Å²) in [6.45, 7) is 0. The van der Waals surface area contributed by atoms with Gasteiger partial charge in [0.05, 0.1) is 20.4 Å². The molecule has 12 nitrogen and oxygen atoms in total. The Morgan fingerprint density at radius 2 is 1.91 bits per heavy atom. The van der Waals surface area contributed by atoms with E-state index in [9.17, 15) is 4.79 Å². The summed E-state index contributed by atoms with van der Waals surface area (Å²) in [6.07, 6.45) is 1.46. The molecule has 4 rings (SSSR count). The van der Waals surface area contributed by atoms with Crippen molar-refractivity contribution in [2.24, 2.45) is 5.10 Å². The number of carbonyl (C=O) groups excluding carboxylic acids is 1. The smallest absolute Gasteiger partial charge is 0.292 e. The number of ether oxygens (including phenoxy) is 2. The second kappa shape index (κ2) is 8.95. The molecule has 32 heavy (non-hydrogen) atoms. The summed E-state index contributed by atoms with van der Waals surface area (Å²) >= 11 is 0. The van der Waals surface area contributed by atoms with Crippen LogP contribution < -0.4 is 20.6 Å². The van der Waals surface area contributed by atoms with Crippen LogP contribution in [0.3, 0.4) is 0 Å². The van der Waals surface area contributed by atoms with E-state index in [0.717, 1.165) is 4.68 Å². The zero-order valence-corrected chi connectivity index (χ0v) is 17.1. The first kappa shape index (κ1) is 20.5. The quantitative estimate of drug-likeness (QED) is 0.326. The van der Waals surface area contributed by atoms with Crippen LogP contribution in [-0.2, 0) is 0 Å². The number of carbonyl (C=O) groups is 1. The van der Waals surface area contributed by atoms with Gasteiger partial charge in [-0.3, -0.25) is 4.79 Å². The van der Waals surface area contributed by atoms with Gasteiger partial charge in [-0.15, -0.1) is 5.10 Å². The van der Waals surface area contributed by atoms with E-state index in [1.807, 2.05) is 18.2 Å². The van der Waals surface area contributed by atoms with E-state index in [2.05, 4.69) is 35.8 Å². The summed E-state index contributed by atoms with van der Waals surface area (Å²) in [5.41, 5.74) is 9.97. The first-order chi connectivity index (χ1) is 15.6. The number of nitrogens with zero attached hydrogens (tertiary/aromatic N) is 6. The molecule has 4 aromatic rings. The number of nitrogens with one attached hydrogen (secondary N) is 1. The fourth-order valence-electron chi connectivity index (χ4n) is 2.91. The van der Waals surface area contributed by atoms with Gasteiger partial charge in [-0.2, -0.15) is 9.78 Å². The Hall–Kier alpha value is -4.74. The van der Waals surface area contributed by atoms with Crippen molar-refractivity contribution >= 4 is 17.9 Å². The van der Waals surface area contributed by atoms with Crippen molar-refractivity contribution in [1.29, 1.82) is 0 Å². The molecule has 0 aliphatic carbocycles. The third-order valence-corrected chi connectivity index (χ3v) is 4.42. The van der Waals surface area contributed by atoms with Crippen molar-refractivity contribution in [2.75, 3.05) is 20.0 Å². The number of methoxy groups -OCH3 is 2. The standard InChI is InChI=1S/C20H18N8O4/c1-30-14-9-8-12(10-15(14)31-2)11-22-24-20(29)17-16(13-6-4-3-5-7-13)23-27-28(17)19-18(21)25-32-26-19/h3-11H,1-2H3,(H2,21,25)(H,24,29). The van der Waals surface area contributed by atoms with Gasteiger partial charge in [-0.05, 0) is 34.1 Å². The number of nitrogen functional groups attached to an aromatic ring is 1. The third-order valence-electron chi connectivity index (χ3n) is 4.42. The van der Waals surface area contributed by atoms with Crippen molar-refractivity contribution in [3.05, 3.63) is 59.8 Å². The van der Waals surface area contributed by atoms with Crippen molar-refractivity contribution in [2.45, 2.75) is 0 Å². The highest BCUT2D eigenvalue weighted by Crippen LogP contribution is 2.27. The molecule has 12 heteroatoms. The fourth-order valence-corrected chi connectivity index (χ4v) is 2.91. The van der Waals surface area contributed by atoms with E-state index >= 15 is 0 Å². The minimum atomic E-state index is -0.590. The lowest BCUT2D eigenvalue weighted by atomic mass is 10.1. The summed E-state index contributed by atoms with van der Waals surface area (Å²) in [5.74, 6) is 0.513. The highest BCUT2D eigenvalue weighted by Gasteiger charge is 2.25. The number of anilines is 1. The maximum atomic E-state index is 13.1. The number of amides is 1. The first-order valence-corrected chi connectivity index (χ1v) is 9.27. The molecule has 0 bridgehead atoms. The van der Waals surface area contributed by atoms with Crippen LogP contribution in [0, 0.1) is 0 Å². The zero-order chi connectivity index (χ0) is 22.5. The monoisotopic (exact) mass is 434 g/mol. The maximum absolute atomic E-state index is 13.1. The average molecular weight is 434 g/mol. The lowest BCUT2D eigenvalue weighted by Gasteiger charge is -2.07. The molecule has 0 aliphatic rings. The lowest BCUT2D eigenvalue weighted by molar-refractivity contribution is 0.0948. The first-order valence-electron chi connectivity index (χ1n) is 9.27. The molecule has 0 unspecified atom stereocenters. The van der Waals surface area contributed by atoms with E-state index in [-0.39, 0.29) is 17.3 Å². The molecule has 0 saturated carbocycles. The Bertz CT molecular complexity index is 1270. The number of hydrazone groups is 1. The van der Waals surface area contributed by atoms with E-state index in [4.69, 9.17) is 15.2 Å². The summed E-state index contributed by atoms with van der Waals surface area (Å²) < 4.78 is 16.3. The van der Waals surface area contributed by atoms with Crippen LogP contribution in [0.4, 0.5) is 5.82 Å². The molecule has 2 heterocycles. The van der Waals surface area contributed by atoms with E-state index < -0.39 is 5.91 Å². The largest absolute Gasteiger partial charge is 0.493 e. The SMILES string of the molecule is COc1ccc(C=NNC(=O)c2c(-c3ccccc3)nnn2-c2nonc2N)cc1OC. The van der Waals surface area contributed by atoms with Crippen molar-refractivity contribution in [1.82, 2.24) is 30.7 Å². The number of rotatable bonds is 7. The van der Waals surface area contributed by atoms with E-state index in [1.165, 1.54) is 13.3 Å². The van der Waals surface area contributed by atoms with Gasteiger partial charge in [0.2, 0.25) is 11.6 Å². The van der Waals surface area contributed by atoms with Crippen LogP contribution >= 0.6 is 0 Å². The second-order valence-electron chi connectivity index (χ2n) is 6.35. The van der Waals surface area contributed by atoms with Gasteiger partial charge >= 0.3 is 0 Å². The lowest BCUT2D eigenvalue weighted by Crippen LogP contribution is -2.22. The van der Waals surface area contributed by atoms with Crippen LogP contribution in [0.25, 0.3) is 17.1 Å². The van der Waals surface area contributed by atoms with Gasteiger partial charge < -0.3 is 15.2 Å². The molecule has 0 radical (unpaired) electrons. The van der Waals surface area contributed by atoms with Crippen LogP contribution in [0.15, 0.2) is 58.3 Å². The molecule has 1 amide bonds. The number of hydrogen-bond donors (Lipinski definition) is 2. The van der Waals surface area contributed by atoms with Gasteiger partial charge in [-0.25, -0.2) is 10.1 Å². The van der Waals surface area contributed by atoms with Gasteiger partial charge in [0.1, 0.15) is 5.69 Å². The highest BCUT2D eigenvalue weighted by molar-refractivity contribution is 5.99. The molecule has 0 saturated heterocycles. The predicted octanol–water partition coefficient (Wildman–Crippen LogP) is 1.68.